The molecular formula is C19H23NO4. The molecule has 2 aromatic rings. The Labute approximate surface area is 141 Å². The number of hydrogen-bond acceptors (Lipinski definition) is 3. The molecule has 5 nitrogen and oxygen atoms in total. The van der Waals surface area contributed by atoms with Crippen molar-refractivity contribution in [3.8, 4) is 5.75 Å². The number of aliphatic carboxylic acids is 1. The number of carboxylic acids is 1. The van der Waals surface area contributed by atoms with Crippen molar-refractivity contribution in [1.29, 1.82) is 0 Å². The molecule has 2 N–H and O–H groups in total. The molecule has 2 rings (SSSR count). The smallest absolute Gasteiger partial charge is 0.303 e. The first-order valence-electron chi connectivity index (χ1n) is 8.19. The zero-order chi connectivity index (χ0) is 17.4. The summed E-state index contributed by atoms with van der Waals surface area (Å²) in [6, 6.07) is 11.3. The lowest BCUT2D eigenvalue weighted by Gasteiger charge is -2.11. The lowest BCUT2D eigenvalue weighted by Crippen LogP contribution is -2.24. The number of benzene rings is 2. The normalized spacial score (nSPS) is 10.5. The van der Waals surface area contributed by atoms with Gasteiger partial charge in [0.15, 0.2) is 0 Å². The molecule has 2 aromatic carbocycles. The second-order valence-electron chi connectivity index (χ2n) is 5.67. The number of fused-ring (bicyclic) bond motifs is 1. The Morgan fingerprint density at radius 1 is 1.00 bits per heavy atom. The van der Waals surface area contributed by atoms with E-state index in [4.69, 9.17) is 9.84 Å². The Bertz CT molecular complexity index is 712. The minimum Gasteiger partial charge on any atom is -0.496 e. The van der Waals surface area contributed by atoms with Crippen LogP contribution in [0.2, 0.25) is 0 Å². The Morgan fingerprint density at radius 2 is 1.71 bits per heavy atom. The van der Waals surface area contributed by atoms with E-state index in [0.717, 1.165) is 35.8 Å². The van der Waals surface area contributed by atoms with Gasteiger partial charge in [0.25, 0.3) is 5.91 Å². The van der Waals surface area contributed by atoms with Gasteiger partial charge in [-0.05, 0) is 30.4 Å². The van der Waals surface area contributed by atoms with Crippen molar-refractivity contribution in [3.05, 3.63) is 42.0 Å². The first kappa shape index (κ1) is 17.8. The van der Waals surface area contributed by atoms with Crippen LogP contribution in [0.3, 0.4) is 0 Å². The Morgan fingerprint density at radius 3 is 2.42 bits per heavy atom. The second-order valence-corrected chi connectivity index (χ2v) is 5.67. The lowest BCUT2D eigenvalue weighted by molar-refractivity contribution is -0.137. The van der Waals surface area contributed by atoms with E-state index in [9.17, 15) is 9.59 Å². The van der Waals surface area contributed by atoms with Gasteiger partial charge in [-0.3, -0.25) is 9.59 Å². The van der Waals surface area contributed by atoms with Crippen molar-refractivity contribution in [1.82, 2.24) is 5.32 Å². The molecule has 0 fully saturated rings. The number of nitrogens with one attached hydrogen (secondary N) is 1. The standard InChI is InChI=1S/C19H23NO4/c1-24-17-12-11-16(14-8-5-6-9-15(14)17)19(23)20-13-7-3-2-4-10-18(21)22/h5-6,8-9,11-12H,2-4,7,10,13H2,1H3,(H,20,23)(H,21,22). The number of rotatable bonds is 9. The molecule has 0 aliphatic carbocycles. The van der Waals surface area contributed by atoms with Crippen molar-refractivity contribution in [2.75, 3.05) is 13.7 Å². The van der Waals surface area contributed by atoms with Gasteiger partial charge >= 0.3 is 5.97 Å². The molecule has 0 aliphatic heterocycles. The fourth-order valence-electron chi connectivity index (χ4n) is 2.70. The maximum atomic E-state index is 12.4. The monoisotopic (exact) mass is 329 g/mol. The molecule has 0 unspecified atom stereocenters. The molecule has 0 bridgehead atoms. The zero-order valence-electron chi connectivity index (χ0n) is 13.9. The van der Waals surface area contributed by atoms with Gasteiger partial charge in [0.2, 0.25) is 0 Å². The molecule has 5 heteroatoms. The van der Waals surface area contributed by atoms with Crippen molar-refractivity contribution in [3.63, 3.8) is 0 Å². The first-order valence-corrected chi connectivity index (χ1v) is 8.19. The van der Waals surface area contributed by atoms with Gasteiger partial charge in [-0.25, -0.2) is 0 Å². The number of carboxylic acid groups (broad SMARTS) is 1. The summed E-state index contributed by atoms with van der Waals surface area (Å²) in [5, 5.41) is 13.3. The fraction of sp³-hybridized carbons (Fsp3) is 0.368. The topological polar surface area (TPSA) is 75.6 Å². The summed E-state index contributed by atoms with van der Waals surface area (Å²) in [4.78, 5) is 22.8. The minimum atomic E-state index is -0.755. The second kappa shape index (κ2) is 8.91. The zero-order valence-corrected chi connectivity index (χ0v) is 13.9. The highest BCUT2D eigenvalue weighted by Crippen LogP contribution is 2.28. The van der Waals surface area contributed by atoms with E-state index >= 15 is 0 Å². The Balaban J connectivity index is 1.89. The molecule has 24 heavy (non-hydrogen) atoms. The summed E-state index contributed by atoms with van der Waals surface area (Å²) < 4.78 is 5.34. The number of unbranched alkanes of at least 4 members (excludes halogenated alkanes) is 3. The number of hydrogen-bond donors (Lipinski definition) is 2. The fourth-order valence-corrected chi connectivity index (χ4v) is 2.70. The quantitative estimate of drug-likeness (QED) is 0.689. The summed E-state index contributed by atoms with van der Waals surface area (Å²) in [5.41, 5.74) is 0.636. The van der Waals surface area contributed by atoms with Gasteiger partial charge in [0.1, 0.15) is 5.75 Å². The number of amides is 1. The third-order valence-corrected chi connectivity index (χ3v) is 3.95. The average molecular weight is 329 g/mol. The van der Waals surface area contributed by atoms with E-state index in [0.29, 0.717) is 18.5 Å². The van der Waals surface area contributed by atoms with Gasteiger partial charge in [0.05, 0.1) is 7.11 Å². The minimum absolute atomic E-state index is 0.0978. The Hall–Kier alpha value is -2.56. The highest BCUT2D eigenvalue weighted by Gasteiger charge is 2.12. The molecule has 128 valence electrons. The van der Waals surface area contributed by atoms with Gasteiger partial charge in [-0.1, -0.05) is 37.1 Å². The van der Waals surface area contributed by atoms with Gasteiger partial charge in [0, 0.05) is 23.9 Å². The van der Waals surface area contributed by atoms with E-state index in [-0.39, 0.29) is 12.3 Å². The van der Waals surface area contributed by atoms with Crippen LogP contribution in [0.1, 0.15) is 42.5 Å². The molecule has 1 amide bonds. The number of methoxy groups -OCH3 is 1. The summed E-state index contributed by atoms with van der Waals surface area (Å²) in [6.07, 6.45) is 3.53. The molecule has 0 aromatic heterocycles. The van der Waals surface area contributed by atoms with Crippen LogP contribution in [0.25, 0.3) is 10.8 Å². The third-order valence-electron chi connectivity index (χ3n) is 3.95. The molecule has 0 saturated heterocycles. The molecule has 0 saturated carbocycles. The van der Waals surface area contributed by atoms with E-state index in [1.54, 1.807) is 13.2 Å². The van der Waals surface area contributed by atoms with E-state index in [2.05, 4.69) is 5.32 Å². The van der Waals surface area contributed by atoms with Crippen LogP contribution < -0.4 is 10.1 Å². The summed E-state index contributed by atoms with van der Waals surface area (Å²) in [7, 11) is 1.62. The van der Waals surface area contributed by atoms with Crippen LogP contribution in [-0.4, -0.2) is 30.6 Å². The number of carbonyl (C=O) groups excluding carboxylic acids is 1. The predicted octanol–water partition coefficient (Wildman–Crippen LogP) is 3.61. The van der Waals surface area contributed by atoms with Crippen LogP contribution in [0, 0.1) is 0 Å². The average Bonchev–Trinajstić information content (AvgIpc) is 2.59. The summed E-state index contributed by atoms with van der Waals surface area (Å²) in [5.74, 6) is -0.102. The number of carbonyl (C=O) groups is 2. The first-order chi connectivity index (χ1) is 11.6. The van der Waals surface area contributed by atoms with Crippen LogP contribution >= 0.6 is 0 Å². The Kier molecular flexibility index (Phi) is 6.61. The molecule has 0 radical (unpaired) electrons. The predicted molar refractivity (Wildman–Crippen MR) is 93.6 cm³/mol. The maximum absolute atomic E-state index is 12.4. The van der Waals surface area contributed by atoms with Crippen LogP contribution in [0.4, 0.5) is 0 Å². The van der Waals surface area contributed by atoms with Gasteiger partial charge in [-0.2, -0.15) is 0 Å². The molecule has 0 spiro atoms. The largest absolute Gasteiger partial charge is 0.496 e. The van der Waals surface area contributed by atoms with Crippen molar-refractivity contribution < 1.29 is 19.4 Å². The van der Waals surface area contributed by atoms with Crippen molar-refractivity contribution >= 4 is 22.6 Å². The summed E-state index contributed by atoms with van der Waals surface area (Å²) >= 11 is 0. The van der Waals surface area contributed by atoms with E-state index in [1.165, 1.54) is 0 Å². The van der Waals surface area contributed by atoms with Crippen LogP contribution in [-0.2, 0) is 4.79 Å². The molecule has 0 atom stereocenters. The van der Waals surface area contributed by atoms with Crippen LogP contribution in [0.15, 0.2) is 36.4 Å². The van der Waals surface area contributed by atoms with Crippen molar-refractivity contribution in [2.24, 2.45) is 0 Å². The summed E-state index contributed by atoms with van der Waals surface area (Å²) in [6.45, 7) is 0.590. The van der Waals surface area contributed by atoms with E-state index in [1.807, 2.05) is 30.3 Å². The molecule has 0 heterocycles. The van der Waals surface area contributed by atoms with Crippen molar-refractivity contribution in [2.45, 2.75) is 32.1 Å². The number of ether oxygens (including phenoxy) is 1. The lowest BCUT2D eigenvalue weighted by atomic mass is 10.0. The SMILES string of the molecule is COc1ccc(C(=O)NCCCCCCC(=O)O)c2ccccc12. The molecule has 0 aliphatic rings. The van der Waals surface area contributed by atoms with Gasteiger partial charge < -0.3 is 15.2 Å². The molecular weight excluding hydrogens is 306 g/mol. The third kappa shape index (κ3) is 4.72. The maximum Gasteiger partial charge on any atom is 0.303 e. The van der Waals surface area contributed by atoms with E-state index < -0.39 is 5.97 Å². The highest BCUT2D eigenvalue weighted by molar-refractivity contribution is 6.08. The van der Waals surface area contributed by atoms with Crippen LogP contribution in [0.5, 0.6) is 5.75 Å². The highest BCUT2D eigenvalue weighted by atomic mass is 16.5. The van der Waals surface area contributed by atoms with Gasteiger partial charge in [-0.15, -0.1) is 0 Å².